The predicted molar refractivity (Wildman–Crippen MR) is 68.2 cm³/mol. The van der Waals surface area contributed by atoms with E-state index in [1.807, 2.05) is 6.08 Å². The van der Waals surface area contributed by atoms with Crippen molar-refractivity contribution in [3.8, 4) is 0 Å². The van der Waals surface area contributed by atoms with Gasteiger partial charge >= 0.3 is 0 Å². The molecule has 1 unspecified atom stereocenters. The van der Waals surface area contributed by atoms with E-state index >= 15 is 0 Å². The highest BCUT2D eigenvalue weighted by molar-refractivity contribution is 4.92. The third-order valence-electron chi connectivity index (χ3n) is 3.17. The largest absolute Gasteiger partial charge is 0.374 e. The second-order valence-corrected chi connectivity index (χ2v) is 4.59. The first-order valence-corrected chi connectivity index (χ1v) is 6.37. The van der Waals surface area contributed by atoms with Crippen molar-refractivity contribution < 1.29 is 4.74 Å². The van der Waals surface area contributed by atoms with Gasteiger partial charge in [0.1, 0.15) is 0 Å². The summed E-state index contributed by atoms with van der Waals surface area (Å²) in [7, 11) is 1.77. The lowest BCUT2D eigenvalue weighted by Gasteiger charge is -2.23. The molecule has 0 aliphatic heterocycles. The molecule has 0 aliphatic rings. The normalized spacial score (nSPS) is 14.9. The van der Waals surface area contributed by atoms with Crippen LogP contribution in [0.2, 0.25) is 0 Å². The number of methoxy groups -OCH3 is 1. The Morgan fingerprint density at radius 3 is 2.07 bits per heavy atom. The molecular formula is C14H28O. The second kappa shape index (κ2) is 8.96. The van der Waals surface area contributed by atoms with Crippen molar-refractivity contribution >= 4 is 0 Å². The summed E-state index contributed by atoms with van der Waals surface area (Å²) in [6.45, 7) is 8.18. The molecule has 0 N–H and O–H groups in total. The van der Waals surface area contributed by atoms with Crippen molar-refractivity contribution in [3.05, 3.63) is 12.7 Å². The van der Waals surface area contributed by atoms with Crippen LogP contribution < -0.4 is 0 Å². The lowest BCUT2D eigenvalue weighted by Crippen LogP contribution is -2.23. The topological polar surface area (TPSA) is 9.23 Å². The Labute approximate surface area is 95.9 Å². The van der Waals surface area contributed by atoms with E-state index < -0.39 is 0 Å². The molecule has 1 atom stereocenters. The zero-order valence-corrected chi connectivity index (χ0v) is 10.8. The van der Waals surface area contributed by atoms with E-state index in [2.05, 4.69) is 20.4 Å². The minimum atomic E-state index is -0.108. The lowest BCUT2D eigenvalue weighted by atomic mass is 9.97. The molecule has 0 aromatic heterocycles. The number of hydrogen-bond acceptors (Lipinski definition) is 1. The first-order valence-electron chi connectivity index (χ1n) is 6.37. The van der Waals surface area contributed by atoms with Crippen molar-refractivity contribution in [2.45, 2.75) is 70.8 Å². The van der Waals surface area contributed by atoms with Gasteiger partial charge in [0.05, 0.1) is 5.60 Å². The van der Waals surface area contributed by atoms with Crippen LogP contribution in [-0.2, 0) is 4.74 Å². The van der Waals surface area contributed by atoms with Gasteiger partial charge in [0, 0.05) is 7.11 Å². The van der Waals surface area contributed by atoms with Gasteiger partial charge in [-0.2, -0.15) is 0 Å². The van der Waals surface area contributed by atoms with Gasteiger partial charge in [-0.05, 0) is 13.3 Å². The number of ether oxygens (including phenoxy) is 1. The Morgan fingerprint density at radius 2 is 1.60 bits per heavy atom. The highest BCUT2D eigenvalue weighted by atomic mass is 16.5. The van der Waals surface area contributed by atoms with Gasteiger partial charge in [0.15, 0.2) is 0 Å². The molecule has 0 heterocycles. The van der Waals surface area contributed by atoms with Crippen LogP contribution in [0.1, 0.15) is 65.2 Å². The highest BCUT2D eigenvalue weighted by Gasteiger charge is 2.17. The molecule has 0 aromatic carbocycles. The molecule has 0 bridgehead atoms. The van der Waals surface area contributed by atoms with Crippen molar-refractivity contribution in [2.75, 3.05) is 7.11 Å². The summed E-state index contributed by atoms with van der Waals surface area (Å²) in [6, 6.07) is 0. The zero-order valence-electron chi connectivity index (χ0n) is 10.8. The van der Waals surface area contributed by atoms with Gasteiger partial charge < -0.3 is 4.74 Å². The van der Waals surface area contributed by atoms with Crippen LogP contribution in [0.4, 0.5) is 0 Å². The third-order valence-corrected chi connectivity index (χ3v) is 3.17. The summed E-state index contributed by atoms with van der Waals surface area (Å²) < 4.78 is 5.41. The second-order valence-electron chi connectivity index (χ2n) is 4.59. The van der Waals surface area contributed by atoms with E-state index in [0.717, 1.165) is 6.42 Å². The molecule has 1 heteroatoms. The zero-order chi connectivity index (χ0) is 11.6. The van der Waals surface area contributed by atoms with E-state index in [0.29, 0.717) is 0 Å². The molecule has 0 rings (SSSR count). The maximum absolute atomic E-state index is 5.41. The van der Waals surface area contributed by atoms with Crippen LogP contribution in [0.15, 0.2) is 12.7 Å². The van der Waals surface area contributed by atoms with E-state index in [1.165, 1.54) is 44.9 Å². The van der Waals surface area contributed by atoms with E-state index in [-0.39, 0.29) is 5.60 Å². The van der Waals surface area contributed by atoms with Gasteiger partial charge in [0.2, 0.25) is 0 Å². The Balaban J connectivity index is 3.33. The maximum atomic E-state index is 5.41. The minimum absolute atomic E-state index is 0.108. The Morgan fingerprint density at radius 1 is 1.07 bits per heavy atom. The molecule has 0 fully saturated rings. The van der Waals surface area contributed by atoms with Crippen molar-refractivity contribution in [2.24, 2.45) is 0 Å². The molecule has 0 saturated carbocycles. The Bertz CT molecular complexity index is 153. The van der Waals surface area contributed by atoms with Crippen LogP contribution in [0.3, 0.4) is 0 Å². The summed E-state index contributed by atoms with van der Waals surface area (Å²) in [5.74, 6) is 0. The molecule has 0 aliphatic carbocycles. The maximum Gasteiger partial charge on any atom is 0.0828 e. The van der Waals surface area contributed by atoms with Gasteiger partial charge in [-0.1, -0.05) is 57.9 Å². The first kappa shape index (κ1) is 14.7. The van der Waals surface area contributed by atoms with E-state index in [4.69, 9.17) is 4.74 Å². The summed E-state index contributed by atoms with van der Waals surface area (Å²) in [4.78, 5) is 0. The number of hydrogen-bond donors (Lipinski definition) is 0. The van der Waals surface area contributed by atoms with E-state index in [9.17, 15) is 0 Å². The monoisotopic (exact) mass is 212 g/mol. The van der Waals surface area contributed by atoms with Gasteiger partial charge in [0.25, 0.3) is 0 Å². The SMILES string of the molecule is C=CC(C)(CCCCCCCCC)OC. The average molecular weight is 212 g/mol. The first-order chi connectivity index (χ1) is 7.18. The lowest BCUT2D eigenvalue weighted by molar-refractivity contribution is 0.0394. The van der Waals surface area contributed by atoms with Crippen LogP contribution in [0.25, 0.3) is 0 Å². The number of rotatable bonds is 10. The fraction of sp³-hybridized carbons (Fsp3) is 0.857. The van der Waals surface area contributed by atoms with Crippen LogP contribution in [0.5, 0.6) is 0 Å². The van der Waals surface area contributed by atoms with Gasteiger partial charge in [-0.3, -0.25) is 0 Å². The Hall–Kier alpha value is -0.300. The minimum Gasteiger partial charge on any atom is -0.374 e. The molecule has 0 aromatic rings. The molecule has 0 radical (unpaired) electrons. The fourth-order valence-electron chi connectivity index (χ4n) is 1.72. The van der Waals surface area contributed by atoms with Crippen molar-refractivity contribution in [1.29, 1.82) is 0 Å². The number of unbranched alkanes of at least 4 members (excludes halogenated alkanes) is 6. The molecular weight excluding hydrogens is 184 g/mol. The fourth-order valence-corrected chi connectivity index (χ4v) is 1.72. The molecule has 90 valence electrons. The quantitative estimate of drug-likeness (QED) is 0.376. The molecule has 0 spiro atoms. The van der Waals surface area contributed by atoms with Crippen LogP contribution in [-0.4, -0.2) is 12.7 Å². The smallest absolute Gasteiger partial charge is 0.0828 e. The highest BCUT2D eigenvalue weighted by Crippen LogP contribution is 2.20. The summed E-state index contributed by atoms with van der Waals surface area (Å²) in [5.41, 5.74) is -0.108. The third kappa shape index (κ3) is 7.61. The molecule has 15 heavy (non-hydrogen) atoms. The Kier molecular flexibility index (Phi) is 8.79. The predicted octanol–water partition coefficient (Wildman–Crippen LogP) is 4.72. The van der Waals surface area contributed by atoms with Crippen LogP contribution in [0, 0.1) is 0 Å². The van der Waals surface area contributed by atoms with Crippen LogP contribution >= 0.6 is 0 Å². The standard InChI is InChI=1S/C14H28O/c1-5-7-8-9-10-11-12-13-14(3,6-2)15-4/h6H,2,5,7-13H2,1,3-4H3. The molecule has 0 amide bonds. The van der Waals surface area contributed by atoms with Gasteiger partial charge in [-0.25, -0.2) is 0 Å². The summed E-state index contributed by atoms with van der Waals surface area (Å²) >= 11 is 0. The van der Waals surface area contributed by atoms with Crippen molar-refractivity contribution in [3.63, 3.8) is 0 Å². The van der Waals surface area contributed by atoms with Crippen molar-refractivity contribution in [1.82, 2.24) is 0 Å². The van der Waals surface area contributed by atoms with E-state index in [1.54, 1.807) is 7.11 Å². The summed E-state index contributed by atoms with van der Waals surface area (Å²) in [6.07, 6.45) is 12.5. The molecule has 0 saturated heterocycles. The average Bonchev–Trinajstić information content (AvgIpc) is 2.27. The molecule has 1 nitrogen and oxygen atoms in total. The summed E-state index contributed by atoms with van der Waals surface area (Å²) in [5, 5.41) is 0. The van der Waals surface area contributed by atoms with Gasteiger partial charge in [-0.15, -0.1) is 6.58 Å².